The third-order valence-corrected chi connectivity index (χ3v) is 4.46. The third-order valence-electron chi connectivity index (χ3n) is 4.46. The molecule has 3 N–H and O–H groups in total. The summed E-state index contributed by atoms with van der Waals surface area (Å²) in [4.78, 5) is 27.7. The number of furan rings is 1. The fraction of sp³-hybridized carbons (Fsp3) is 0.333. The molecule has 1 aliphatic rings. The first-order valence-corrected chi connectivity index (χ1v) is 8.45. The number of carboxylic acids is 1. The largest absolute Gasteiger partial charge is 0.477 e. The molecule has 2 aromatic rings. The lowest BCUT2D eigenvalue weighted by atomic mass is 10.2. The lowest BCUT2D eigenvalue weighted by molar-refractivity contribution is 0.0697. The number of nitrogens with one attached hydrogen (secondary N) is 2. The number of carbonyl (C=O) groups is 2. The van der Waals surface area contributed by atoms with Gasteiger partial charge in [-0.3, -0.25) is 4.90 Å². The van der Waals surface area contributed by atoms with Crippen LogP contribution in [-0.4, -0.2) is 54.4 Å². The maximum Gasteiger partial charge on any atom is 0.341 e. The molecule has 1 aromatic heterocycles. The highest BCUT2D eigenvalue weighted by molar-refractivity contribution is 5.99. The molecule has 138 valence electrons. The van der Waals surface area contributed by atoms with Crippen LogP contribution in [-0.2, 0) is 0 Å². The molecule has 1 aliphatic heterocycles. The van der Waals surface area contributed by atoms with E-state index in [2.05, 4.69) is 32.6 Å². The molecule has 0 saturated carbocycles. The Kier molecular flexibility index (Phi) is 5.43. The SMILES string of the molecule is CC(NC(=O)Nc1cocc1C(=O)O)N1CCN(c2ccccc2)CC1. The van der Waals surface area contributed by atoms with E-state index >= 15 is 0 Å². The second-order valence-electron chi connectivity index (χ2n) is 6.14. The van der Waals surface area contributed by atoms with E-state index < -0.39 is 12.0 Å². The first-order chi connectivity index (χ1) is 12.5. The quantitative estimate of drug-likeness (QED) is 0.758. The van der Waals surface area contributed by atoms with E-state index in [1.807, 2.05) is 25.1 Å². The summed E-state index contributed by atoms with van der Waals surface area (Å²) in [6.45, 7) is 5.31. The van der Waals surface area contributed by atoms with Gasteiger partial charge in [0, 0.05) is 31.9 Å². The number of anilines is 2. The van der Waals surface area contributed by atoms with Gasteiger partial charge in [0.2, 0.25) is 0 Å². The summed E-state index contributed by atoms with van der Waals surface area (Å²) in [5.41, 5.74) is 1.26. The minimum absolute atomic E-state index is 0.0794. The summed E-state index contributed by atoms with van der Waals surface area (Å²) >= 11 is 0. The topological polar surface area (TPSA) is 98.0 Å². The number of hydrogen-bond donors (Lipinski definition) is 3. The number of carboxylic acid groups (broad SMARTS) is 1. The fourth-order valence-corrected chi connectivity index (χ4v) is 3.01. The molecular weight excluding hydrogens is 336 g/mol. The monoisotopic (exact) mass is 358 g/mol. The zero-order valence-corrected chi connectivity index (χ0v) is 14.5. The van der Waals surface area contributed by atoms with Crippen molar-refractivity contribution in [2.24, 2.45) is 0 Å². The zero-order chi connectivity index (χ0) is 18.5. The molecule has 3 rings (SSSR count). The highest BCUT2D eigenvalue weighted by atomic mass is 16.4. The van der Waals surface area contributed by atoms with E-state index in [4.69, 9.17) is 9.52 Å². The Bertz CT molecular complexity index is 754. The Balaban J connectivity index is 1.49. The van der Waals surface area contributed by atoms with Crippen molar-refractivity contribution in [3.8, 4) is 0 Å². The van der Waals surface area contributed by atoms with Crippen LogP contribution >= 0.6 is 0 Å². The Labute approximate surface area is 151 Å². The number of nitrogens with zero attached hydrogens (tertiary/aromatic N) is 2. The second kappa shape index (κ2) is 7.92. The summed E-state index contributed by atoms with van der Waals surface area (Å²) in [7, 11) is 0. The molecule has 1 saturated heterocycles. The van der Waals surface area contributed by atoms with Crippen LogP contribution in [0.15, 0.2) is 47.3 Å². The van der Waals surface area contributed by atoms with E-state index in [1.54, 1.807) is 0 Å². The Morgan fingerprint density at radius 1 is 1.12 bits per heavy atom. The second-order valence-corrected chi connectivity index (χ2v) is 6.14. The number of piperazine rings is 1. The minimum atomic E-state index is -1.15. The third kappa shape index (κ3) is 4.15. The van der Waals surface area contributed by atoms with Crippen molar-refractivity contribution < 1.29 is 19.1 Å². The molecule has 1 unspecified atom stereocenters. The van der Waals surface area contributed by atoms with Crippen molar-refractivity contribution in [3.05, 3.63) is 48.4 Å². The van der Waals surface area contributed by atoms with Crippen LogP contribution in [0, 0.1) is 0 Å². The van der Waals surface area contributed by atoms with Gasteiger partial charge in [0.25, 0.3) is 0 Å². The van der Waals surface area contributed by atoms with E-state index in [1.165, 1.54) is 12.0 Å². The van der Waals surface area contributed by atoms with E-state index in [0.717, 1.165) is 32.4 Å². The number of rotatable bonds is 5. The number of carbonyl (C=O) groups excluding carboxylic acids is 1. The smallest absolute Gasteiger partial charge is 0.341 e. The molecule has 2 heterocycles. The summed E-state index contributed by atoms with van der Waals surface area (Å²) in [5, 5.41) is 14.4. The van der Waals surface area contributed by atoms with E-state index in [9.17, 15) is 9.59 Å². The number of hydrogen-bond acceptors (Lipinski definition) is 5. The van der Waals surface area contributed by atoms with Gasteiger partial charge in [0.1, 0.15) is 18.1 Å². The standard InChI is InChI=1S/C18H22N4O4/c1-13(19-18(25)20-16-12-26-11-15(16)17(23)24)21-7-9-22(10-8-21)14-5-3-2-4-6-14/h2-6,11-13H,7-10H2,1H3,(H,23,24)(H2,19,20,25). The van der Waals surface area contributed by atoms with Crippen molar-refractivity contribution in [2.75, 3.05) is 36.4 Å². The van der Waals surface area contributed by atoms with Crippen molar-refractivity contribution >= 4 is 23.4 Å². The highest BCUT2D eigenvalue weighted by Crippen LogP contribution is 2.18. The normalized spacial score (nSPS) is 16.1. The zero-order valence-electron chi connectivity index (χ0n) is 14.5. The molecule has 26 heavy (non-hydrogen) atoms. The molecule has 1 fully saturated rings. The molecule has 1 atom stereocenters. The maximum absolute atomic E-state index is 12.1. The summed E-state index contributed by atoms with van der Waals surface area (Å²) in [6.07, 6.45) is 2.12. The predicted molar refractivity (Wildman–Crippen MR) is 97.5 cm³/mol. The molecule has 2 amide bonds. The van der Waals surface area contributed by atoms with Crippen molar-refractivity contribution in [2.45, 2.75) is 13.1 Å². The van der Waals surface area contributed by atoms with Crippen LogP contribution in [0.4, 0.5) is 16.2 Å². The highest BCUT2D eigenvalue weighted by Gasteiger charge is 2.23. The van der Waals surface area contributed by atoms with Gasteiger partial charge in [0.15, 0.2) is 0 Å². The van der Waals surface area contributed by atoms with Gasteiger partial charge in [-0.25, -0.2) is 9.59 Å². The van der Waals surface area contributed by atoms with Crippen molar-refractivity contribution in [1.29, 1.82) is 0 Å². The molecule has 1 aromatic carbocycles. The first-order valence-electron chi connectivity index (χ1n) is 8.45. The van der Waals surface area contributed by atoms with Crippen LogP contribution in [0.3, 0.4) is 0 Å². The van der Waals surface area contributed by atoms with E-state index in [-0.39, 0.29) is 17.4 Å². The van der Waals surface area contributed by atoms with Crippen LogP contribution < -0.4 is 15.5 Å². The lowest BCUT2D eigenvalue weighted by Gasteiger charge is -2.39. The van der Waals surface area contributed by atoms with Gasteiger partial charge in [-0.2, -0.15) is 0 Å². The van der Waals surface area contributed by atoms with Crippen LogP contribution in [0.25, 0.3) is 0 Å². The summed E-state index contributed by atoms with van der Waals surface area (Å²) < 4.78 is 4.84. The molecule has 0 bridgehead atoms. The number of aromatic carboxylic acids is 1. The molecule has 0 aliphatic carbocycles. The summed E-state index contributed by atoms with van der Waals surface area (Å²) in [6, 6.07) is 9.77. The molecule has 8 heteroatoms. The summed E-state index contributed by atoms with van der Waals surface area (Å²) in [5.74, 6) is -1.15. The van der Waals surface area contributed by atoms with Gasteiger partial charge < -0.3 is 25.1 Å². The average Bonchev–Trinajstić information content (AvgIpc) is 3.11. The van der Waals surface area contributed by atoms with Gasteiger partial charge in [-0.1, -0.05) is 18.2 Å². The van der Waals surface area contributed by atoms with Crippen LogP contribution in [0.5, 0.6) is 0 Å². The molecule has 8 nitrogen and oxygen atoms in total. The number of benzene rings is 1. The Hall–Kier alpha value is -3.00. The maximum atomic E-state index is 12.1. The molecular formula is C18H22N4O4. The number of urea groups is 1. The minimum Gasteiger partial charge on any atom is -0.477 e. The predicted octanol–water partition coefficient (Wildman–Crippen LogP) is 2.27. The number of amides is 2. The van der Waals surface area contributed by atoms with Gasteiger partial charge in [-0.05, 0) is 19.1 Å². The van der Waals surface area contributed by atoms with Gasteiger partial charge in [0.05, 0.1) is 11.9 Å². The average molecular weight is 358 g/mol. The molecule has 0 radical (unpaired) electrons. The first kappa shape index (κ1) is 17.8. The fourth-order valence-electron chi connectivity index (χ4n) is 3.01. The Morgan fingerprint density at radius 3 is 2.46 bits per heavy atom. The van der Waals surface area contributed by atoms with Crippen LogP contribution in [0.2, 0.25) is 0 Å². The van der Waals surface area contributed by atoms with Crippen LogP contribution in [0.1, 0.15) is 17.3 Å². The van der Waals surface area contributed by atoms with Crippen molar-refractivity contribution in [3.63, 3.8) is 0 Å². The molecule has 0 spiro atoms. The van der Waals surface area contributed by atoms with Gasteiger partial charge in [-0.15, -0.1) is 0 Å². The number of para-hydroxylation sites is 1. The van der Waals surface area contributed by atoms with E-state index in [0.29, 0.717) is 0 Å². The van der Waals surface area contributed by atoms with Crippen molar-refractivity contribution in [1.82, 2.24) is 10.2 Å². The Morgan fingerprint density at radius 2 is 1.81 bits per heavy atom. The van der Waals surface area contributed by atoms with Gasteiger partial charge >= 0.3 is 12.0 Å². The lowest BCUT2D eigenvalue weighted by Crippen LogP contribution is -2.55.